The topological polar surface area (TPSA) is 52.6 Å². The van der Waals surface area contributed by atoms with Crippen LogP contribution >= 0.6 is 0 Å². The first-order valence-electron chi connectivity index (χ1n) is 8.05. The Balaban J connectivity index is 2.19. The van der Waals surface area contributed by atoms with Crippen molar-refractivity contribution < 1.29 is 19.1 Å². The van der Waals surface area contributed by atoms with Gasteiger partial charge in [0.15, 0.2) is 5.78 Å². The van der Waals surface area contributed by atoms with Crippen LogP contribution < -0.4 is 4.74 Å². The highest BCUT2D eigenvalue weighted by Gasteiger charge is 2.15. The molecule has 0 spiro atoms. The molecule has 25 heavy (non-hydrogen) atoms. The number of carbonyl (C=O) groups excluding carboxylic acids is 2. The van der Waals surface area contributed by atoms with Crippen LogP contribution in [0.4, 0.5) is 0 Å². The van der Waals surface area contributed by atoms with Crippen LogP contribution in [0.1, 0.15) is 40.9 Å². The Kier molecular flexibility index (Phi) is 6.12. The molecule has 0 heterocycles. The van der Waals surface area contributed by atoms with Gasteiger partial charge in [0.05, 0.1) is 12.7 Å². The highest BCUT2D eigenvalue weighted by molar-refractivity contribution is 6.16. The summed E-state index contributed by atoms with van der Waals surface area (Å²) in [7, 11) is 1.37. The fourth-order valence-corrected chi connectivity index (χ4v) is 2.57. The maximum Gasteiger partial charge on any atom is 0.338 e. The maximum atomic E-state index is 11.9. The summed E-state index contributed by atoms with van der Waals surface area (Å²) >= 11 is 0. The molecule has 0 atom stereocenters. The van der Waals surface area contributed by atoms with E-state index in [0.717, 1.165) is 16.7 Å². The highest BCUT2D eigenvalue weighted by Crippen LogP contribution is 2.24. The number of methoxy groups -OCH3 is 1. The molecular formula is C21H22O4. The van der Waals surface area contributed by atoms with Gasteiger partial charge >= 0.3 is 5.97 Å². The van der Waals surface area contributed by atoms with Gasteiger partial charge in [-0.15, -0.1) is 0 Å². The lowest BCUT2D eigenvalue weighted by molar-refractivity contribution is -0.133. The molecule has 0 fully saturated rings. The highest BCUT2D eigenvalue weighted by atomic mass is 16.5. The van der Waals surface area contributed by atoms with Crippen molar-refractivity contribution in [3.8, 4) is 5.75 Å². The Labute approximate surface area is 148 Å². The number of ketones is 1. The van der Waals surface area contributed by atoms with Crippen molar-refractivity contribution >= 4 is 17.3 Å². The van der Waals surface area contributed by atoms with Crippen LogP contribution in [0.3, 0.4) is 0 Å². The second-order valence-electron chi connectivity index (χ2n) is 5.65. The minimum Gasteiger partial charge on any atom is -0.489 e. The molecule has 0 aliphatic rings. The summed E-state index contributed by atoms with van der Waals surface area (Å²) < 4.78 is 10.7. The van der Waals surface area contributed by atoms with Crippen molar-refractivity contribution in [1.82, 2.24) is 0 Å². The first-order valence-corrected chi connectivity index (χ1v) is 8.05. The third-order valence-electron chi connectivity index (χ3n) is 4.09. The Bertz CT molecular complexity index is 801. The SMILES string of the molecule is CC=C(C(=O)OC)c1cccc(COc2ccc(C(C)=O)cc2)c1C. The predicted octanol–water partition coefficient (Wildman–Crippen LogP) is 4.35. The molecule has 4 heteroatoms. The molecular weight excluding hydrogens is 316 g/mol. The molecule has 0 N–H and O–H groups in total. The number of hydrogen-bond donors (Lipinski definition) is 0. The van der Waals surface area contributed by atoms with Crippen LogP contribution in [0, 0.1) is 6.92 Å². The summed E-state index contributed by atoms with van der Waals surface area (Å²) in [5, 5.41) is 0. The largest absolute Gasteiger partial charge is 0.489 e. The summed E-state index contributed by atoms with van der Waals surface area (Å²) in [6.07, 6.45) is 1.75. The number of carbonyl (C=O) groups is 2. The van der Waals surface area contributed by atoms with E-state index in [-0.39, 0.29) is 11.8 Å². The standard InChI is InChI=1S/C21H22O4/c1-5-19(21(23)24-4)20-8-6-7-17(14(20)2)13-25-18-11-9-16(10-12-18)15(3)22/h5-12H,13H2,1-4H3. The summed E-state index contributed by atoms with van der Waals surface area (Å²) in [6, 6.07) is 12.8. The fourth-order valence-electron chi connectivity index (χ4n) is 2.57. The van der Waals surface area contributed by atoms with Gasteiger partial charge in [0, 0.05) is 5.56 Å². The van der Waals surface area contributed by atoms with Crippen LogP contribution in [0.5, 0.6) is 5.75 Å². The van der Waals surface area contributed by atoms with Crippen molar-refractivity contribution in [3.05, 3.63) is 70.8 Å². The zero-order valence-corrected chi connectivity index (χ0v) is 15.0. The normalized spacial score (nSPS) is 11.1. The van der Waals surface area contributed by atoms with Crippen LogP contribution in [-0.2, 0) is 16.1 Å². The number of esters is 1. The lowest BCUT2D eigenvalue weighted by Crippen LogP contribution is -2.07. The van der Waals surface area contributed by atoms with Crippen molar-refractivity contribution in [2.75, 3.05) is 7.11 Å². The van der Waals surface area contributed by atoms with E-state index in [2.05, 4.69) is 0 Å². The third kappa shape index (κ3) is 4.35. The van der Waals surface area contributed by atoms with Gasteiger partial charge in [0.2, 0.25) is 0 Å². The molecule has 130 valence electrons. The summed E-state index contributed by atoms with van der Waals surface area (Å²) in [5.41, 5.74) is 3.98. The second-order valence-corrected chi connectivity index (χ2v) is 5.65. The smallest absolute Gasteiger partial charge is 0.338 e. The van der Waals surface area contributed by atoms with E-state index in [1.54, 1.807) is 30.3 Å². The van der Waals surface area contributed by atoms with Gasteiger partial charge in [0.25, 0.3) is 0 Å². The molecule has 0 saturated carbocycles. The molecule has 0 aromatic heterocycles. The zero-order chi connectivity index (χ0) is 18.4. The van der Waals surface area contributed by atoms with Gasteiger partial charge in [-0.25, -0.2) is 4.79 Å². The minimum absolute atomic E-state index is 0.0248. The molecule has 4 nitrogen and oxygen atoms in total. The van der Waals surface area contributed by atoms with Crippen molar-refractivity contribution in [2.45, 2.75) is 27.4 Å². The molecule has 0 aliphatic carbocycles. The molecule has 0 bridgehead atoms. The molecule has 0 unspecified atom stereocenters. The van der Waals surface area contributed by atoms with Crippen LogP contribution in [-0.4, -0.2) is 18.9 Å². The van der Waals surface area contributed by atoms with Crippen molar-refractivity contribution in [1.29, 1.82) is 0 Å². The van der Waals surface area contributed by atoms with Gasteiger partial charge in [-0.2, -0.15) is 0 Å². The lowest BCUT2D eigenvalue weighted by atomic mass is 9.96. The third-order valence-corrected chi connectivity index (χ3v) is 4.09. The van der Waals surface area contributed by atoms with E-state index in [0.29, 0.717) is 23.5 Å². The lowest BCUT2D eigenvalue weighted by Gasteiger charge is -2.14. The van der Waals surface area contributed by atoms with Crippen LogP contribution in [0.25, 0.3) is 5.57 Å². The molecule has 2 aromatic carbocycles. The zero-order valence-electron chi connectivity index (χ0n) is 15.0. The van der Waals surface area contributed by atoms with E-state index in [9.17, 15) is 9.59 Å². The van der Waals surface area contributed by atoms with Crippen LogP contribution in [0.15, 0.2) is 48.5 Å². The number of Topliss-reactive ketones (excluding diaryl/α,β-unsaturated/α-hetero) is 1. The number of benzene rings is 2. The number of allylic oxidation sites excluding steroid dienone is 1. The van der Waals surface area contributed by atoms with E-state index in [1.807, 2.05) is 32.0 Å². The average molecular weight is 338 g/mol. The van der Waals surface area contributed by atoms with E-state index in [1.165, 1.54) is 14.0 Å². The molecule has 0 amide bonds. The molecule has 0 saturated heterocycles. The molecule has 2 rings (SSSR count). The number of rotatable bonds is 6. The average Bonchev–Trinajstić information content (AvgIpc) is 2.62. The Morgan fingerprint density at radius 2 is 1.76 bits per heavy atom. The Morgan fingerprint density at radius 1 is 1.08 bits per heavy atom. The van der Waals surface area contributed by atoms with Gasteiger partial charge in [0.1, 0.15) is 12.4 Å². The van der Waals surface area contributed by atoms with E-state index in [4.69, 9.17) is 9.47 Å². The molecule has 2 aromatic rings. The summed E-state index contributed by atoms with van der Waals surface area (Å²) in [5.74, 6) is 0.356. The fraction of sp³-hybridized carbons (Fsp3) is 0.238. The van der Waals surface area contributed by atoms with Crippen LogP contribution in [0.2, 0.25) is 0 Å². The first kappa shape index (κ1) is 18.5. The number of ether oxygens (including phenoxy) is 2. The van der Waals surface area contributed by atoms with Crippen molar-refractivity contribution in [2.24, 2.45) is 0 Å². The van der Waals surface area contributed by atoms with Gasteiger partial charge in [-0.3, -0.25) is 4.79 Å². The van der Waals surface area contributed by atoms with Gasteiger partial charge in [-0.05, 0) is 61.7 Å². The maximum absolute atomic E-state index is 11.9. The van der Waals surface area contributed by atoms with Gasteiger partial charge < -0.3 is 9.47 Å². The Hall–Kier alpha value is -2.88. The monoisotopic (exact) mass is 338 g/mol. The van der Waals surface area contributed by atoms with Crippen molar-refractivity contribution in [3.63, 3.8) is 0 Å². The minimum atomic E-state index is -0.358. The van der Waals surface area contributed by atoms with E-state index >= 15 is 0 Å². The number of hydrogen-bond acceptors (Lipinski definition) is 4. The predicted molar refractivity (Wildman–Crippen MR) is 97.6 cm³/mol. The second kappa shape index (κ2) is 8.29. The molecule has 0 radical (unpaired) electrons. The van der Waals surface area contributed by atoms with Gasteiger partial charge in [-0.1, -0.05) is 24.3 Å². The van der Waals surface area contributed by atoms with E-state index < -0.39 is 0 Å². The molecule has 0 aliphatic heterocycles. The Morgan fingerprint density at radius 3 is 2.32 bits per heavy atom. The first-order chi connectivity index (χ1) is 12.0. The summed E-state index contributed by atoms with van der Waals surface area (Å²) in [4.78, 5) is 23.2. The quantitative estimate of drug-likeness (QED) is 0.446. The summed E-state index contributed by atoms with van der Waals surface area (Å²) in [6.45, 7) is 5.67.